The van der Waals surface area contributed by atoms with E-state index in [1.807, 2.05) is 0 Å². The third-order valence-electron chi connectivity index (χ3n) is 0. The second-order valence-electron chi connectivity index (χ2n) is 0. The average molecular weight is 98.6 g/mol. The van der Waals surface area contributed by atoms with Crippen molar-refractivity contribution in [3.8, 4) is 0 Å². The van der Waals surface area contributed by atoms with Gasteiger partial charge in [0.05, 0.1) is 0 Å². The molecule has 0 aromatic heterocycles. The van der Waals surface area contributed by atoms with Crippen molar-refractivity contribution in [2.45, 2.75) is 0 Å². The van der Waals surface area contributed by atoms with Gasteiger partial charge in [0, 0.05) is 0 Å². The molecule has 0 fully saturated rings. The molecule has 36 valence electrons. The molecule has 0 aliphatic rings. The third kappa shape index (κ3) is 6010. The lowest BCUT2D eigenvalue weighted by atomic mass is 11.3. The van der Waals surface area contributed by atoms with Gasteiger partial charge in [0.25, 0.3) is 0 Å². The van der Waals surface area contributed by atoms with Crippen LogP contribution in [0.15, 0.2) is 13.2 Å². The van der Waals surface area contributed by atoms with Crippen molar-refractivity contribution in [2.24, 2.45) is 0 Å². The van der Waals surface area contributed by atoms with Crippen LogP contribution in [0.5, 0.6) is 0 Å². The van der Waals surface area contributed by atoms with Crippen LogP contribution in [0.4, 0.5) is 0 Å². The normalized spacial score (nSPS) is 0.800. The Kier molecular flexibility index (Phi) is 235000. The Morgan fingerprint density at radius 2 is 0.800 bits per heavy atom. The molecule has 0 spiro atoms. The molecule has 0 saturated carbocycles. The van der Waals surface area contributed by atoms with E-state index in [1.165, 1.54) is 0 Å². The predicted molar refractivity (Wildman–Crippen MR) is 28.5 cm³/mol. The summed E-state index contributed by atoms with van der Waals surface area (Å²) in [7, 11) is 0. The first-order valence-corrected chi connectivity index (χ1v) is 0.500. The summed E-state index contributed by atoms with van der Waals surface area (Å²) in [5, 5.41) is 0. The molecular weight excluding hydrogens is 87.5 g/mol. The number of rotatable bonds is 0. The largest absolute Gasteiger partial charge is 0.344 e. The lowest BCUT2D eigenvalue weighted by Gasteiger charge is -0.813. The zero-order valence-electron chi connectivity index (χ0n) is 3.24. The SMILES string of the molecule is C=C.Cl.N.N. The van der Waals surface area contributed by atoms with Crippen LogP contribution in [0.2, 0.25) is 0 Å². The van der Waals surface area contributed by atoms with Crippen molar-refractivity contribution >= 4 is 12.4 Å². The van der Waals surface area contributed by atoms with Crippen LogP contribution in [0.25, 0.3) is 0 Å². The van der Waals surface area contributed by atoms with Crippen LogP contribution in [0.3, 0.4) is 0 Å². The molecule has 0 aromatic carbocycles. The molecule has 0 radical (unpaired) electrons. The highest BCUT2D eigenvalue weighted by Gasteiger charge is 0.601. The summed E-state index contributed by atoms with van der Waals surface area (Å²) >= 11 is 0. The van der Waals surface area contributed by atoms with Crippen LogP contribution in [-0.2, 0) is 0 Å². The first-order valence-electron chi connectivity index (χ1n) is 0.500. The third-order valence-corrected chi connectivity index (χ3v) is 0. The molecule has 0 heterocycles. The summed E-state index contributed by atoms with van der Waals surface area (Å²) in [6.45, 7) is 6.00. The maximum Gasteiger partial charge on any atom is -0.106 e. The zero-order chi connectivity index (χ0) is 2.00. The molecule has 0 atom stereocenters. The van der Waals surface area contributed by atoms with Crippen LogP contribution in [0.1, 0.15) is 0 Å². The fourth-order valence-corrected chi connectivity index (χ4v) is 0. The monoisotopic (exact) mass is 98.1 g/mol. The Labute approximate surface area is 38.8 Å². The minimum atomic E-state index is 0. The minimum absolute atomic E-state index is 0. The molecule has 3 heteroatoms. The Morgan fingerprint density at radius 1 is 0.800 bits per heavy atom. The molecule has 0 saturated heterocycles. The lowest BCUT2D eigenvalue weighted by Crippen LogP contribution is -0.552. The van der Waals surface area contributed by atoms with Crippen molar-refractivity contribution in [3.05, 3.63) is 13.2 Å². The average Bonchev–Trinajstić information content (AvgIpc) is 1.00. The van der Waals surface area contributed by atoms with E-state index in [1.54, 1.807) is 0 Å². The van der Waals surface area contributed by atoms with Crippen molar-refractivity contribution < 1.29 is 0 Å². The predicted octanol–water partition coefficient (Wildman–Crippen LogP) is 1.55. The molecule has 0 aliphatic heterocycles. The number of hydrogen-bond donors (Lipinski definition) is 2. The second kappa shape index (κ2) is 13700. The van der Waals surface area contributed by atoms with E-state index in [2.05, 4.69) is 13.2 Å². The molecule has 0 aromatic rings. The second-order valence-corrected chi connectivity index (χ2v) is 0. The maximum atomic E-state index is 3.00. The van der Waals surface area contributed by atoms with E-state index in [9.17, 15) is 0 Å². The van der Waals surface area contributed by atoms with Gasteiger partial charge in [-0.05, 0) is 0 Å². The van der Waals surface area contributed by atoms with Gasteiger partial charge in [0.1, 0.15) is 0 Å². The Hall–Kier alpha value is -0.0500. The fraction of sp³-hybridized carbons (Fsp3) is 0. The van der Waals surface area contributed by atoms with Gasteiger partial charge in [-0.25, -0.2) is 0 Å². The molecule has 0 aliphatic carbocycles. The summed E-state index contributed by atoms with van der Waals surface area (Å²) < 4.78 is 0. The molecule has 5 heavy (non-hydrogen) atoms. The smallest absolute Gasteiger partial charge is 0.106 e. The summed E-state index contributed by atoms with van der Waals surface area (Å²) in [6.07, 6.45) is 0. The van der Waals surface area contributed by atoms with E-state index >= 15 is 0 Å². The molecule has 0 rings (SSSR count). The maximum absolute atomic E-state index is 3.00. The van der Waals surface area contributed by atoms with Gasteiger partial charge in [-0.1, -0.05) is 0 Å². The van der Waals surface area contributed by atoms with Crippen LogP contribution in [0, 0.1) is 0 Å². The highest BCUT2D eigenvalue weighted by atomic mass is 35.5. The molecule has 2 nitrogen and oxygen atoms in total. The number of halogens is 1. The van der Waals surface area contributed by atoms with Crippen LogP contribution < -0.4 is 12.3 Å². The van der Waals surface area contributed by atoms with E-state index in [0.29, 0.717) is 0 Å². The van der Waals surface area contributed by atoms with Gasteiger partial charge in [0.2, 0.25) is 0 Å². The topological polar surface area (TPSA) is 70.0 Å². The summed E-state index contributed by atoms with van der Waals surface area (Å²) in [5.74, 6) is 0. The molecule has 0 bridgehead atoms. The molecule has 0 unspecified atom stereocenters. The molecular formula is C2H11ClN2. The Bertz CT molecular complexity index is 7.61. The summed E-state index contributed by atoms with van der Waals surface area (Å²) in [6, 6.07) is 0. The summed E-state index contributed by atoms with van der Waals surface area (Å²) in [4.78, 5) is 0. The minimum Gasteiger partial charge on any atom is -0.344 e. The Morgan fingerprint density at radius 3 is 0.800 bits per heavy atom. The van der Waals surface area contributed by atoms with Crippen LogP contribution >= 0.6 is 12.4 Å². The van der Waals surface area contributed by atoms with Gasteiger partial charge in [-0.2, -0.15) is 0 Å². The van der Waals surface area contributed by atoms with E-state index in [4.69, 9.17) is 0 Å². The zero-order valence-corrected chi connectivity index (χ0v) is 4.05. The standard InChI is InChI=1S/C2H4.ClH.2H3N/c1-2;;;/h1-2H2;1H;2*1H3. The van der Waals surface area contributed by atoms with Gasteiger partial charge in [0.15, 0.2) is 0 Å². The fourth-order valence-electron chi connectivity index (χ4n) is 0. The Balaban J connectivity index is -0.00000000167. The van der Waals surface area contributed by atoms with E-state index in [0.717, 1.165) is 0 Å². The lowest BCUT2D eigenvalue weighted by molar-refractivity contribution is 2.13. The number of hydrogen-bond acceptors (Lipinski definition) is 2. The van der Waals surface area contributed by atoms with E-state index in [-0.39, 0.29) is 24.7 Å². The molecule has 6 N–H and O–H groups in total. The van der Waals surface area contributed by atoms with E-state index < -0.39 is 0 Å². The van der Waals surface area contributed by atoms with Gasteiger partial charge in [-0.15, -0.1) is 25.6 Å². The first-order chi connectivity index (χ1) is 1.00. The van der Waals surface area contributed by atoms with Crippen molar-refractivity contribution in [2.75, 3.05) is 0 Å². The van der Waals surface area contributed by atoms with Crippen LogP contribution in [-0.4, -0.2) is 0 Å². The first kappa shape index (κ1) is 85.6. The van der Waals surface area contributed by atoms with Crippen molar-refractivity contribution in [1.82, 2.24) is 12.3 Å². The highest BCUT2D eigenvalue weighted by molar-refractivity contribution is 5.85. The summed E-state index contributed by atoms with van der Waals surface area (Å²) in [5.41, 5.74) is 0. The van der Waals surface area contributed by atoms with Crippen molar-refractivity contribution in [1.29, 1.82) is 0 Å². The van der Waals surface area contributed by atoms with Crippen molar-refractivity contribution in [3.63, 3.8) is 0 Å². The van der Waals surface area contributed by atoms with Gasteiger partial charge >= 0.3 is 0 Å². The molecule has 0 amide bonds. The van der Waals surface area contributed by atoms with Gasteiger partial charge in [-0.3, -0.25) is 0 Å². The van der Waals surface area contributed by atoms with Gasteiger partial charge < -0.3 is 12.3 Å². The highest BCUT2D eigenvalue weighted by Crippen LogP contribution is 0.862. The quantitative estimate of drug-likeness (QED) is 0.451.